The van der Waals surface area contributed by atoms with Crippen LogP contribution in [0.4, 0.5) is 5.69 Å². The van der Waals surface area contributed by atoms with E-state index in [1.165, 1.54) is 0 Å². The molecule has 2 saturated heterocycles. The Kier molecular flexibility index (Phi) is 1.83. The molecule has 0 aliphatic carbocycles. The second-order valence-corrected chi connectivity index (χ2v) is 4.60. The molecular formula is C12H14N2O. The molecule has 1 aromatic carbocycles. The minimum atomic E-state index is 0.229. The summed E-state index contributed by atoms with van der Waals surface area (Å²) in [4.78, 5) is 13.8. The molecule has 1 N–H and O–H groups in total. The van der Waals surface area contributed by atoms with Gasteiger partial charge in [0.25, 0.3) is 0 Å². The summed E-state index contributed by atoms with van der Waals surface area (Å²) >= 11 is 0. The Morgan fingerprint density at radius 3 is 2.47 bits per heavy atom. The number of rotatable bonds is 1. The van der Waals surface area contributed by atoms with Gasteiger partial charge in [0.2, 0.25) is 5.91 Å². The summed E-state index contributed by atoms with van der Waals surface area (Å²) in [5.41, 5.74) is 1.26. The van der Waals surface area contributed by atoms with Crippen LogP contribution < -0.4 is 10.2 Å². The fraction of sp³-hybridized carbons (Fsp3) is 0.417. The highest BCUT2D eigenvalue weighted by molar-refractivity contribution is 5.96. The predicted octanol–water partition coefficient (Wildman–Crippen LogP) is 1.01. The Balaban J connectivity index is 1.86. The lowest BCUT2D eigenvalue weighted by molar-refractivity contribution is -0.118. The SMILES string of the molecule is O=C1CC2(CNC2)CN1c1ccccc1. The first-order chi connectivity index (χ1) is 7.29. The molecule has 0 saturated carbocycles. The quantitative estimate of drug-likeness (QED) is 0.737. The molecule has 0 bridgehead atoms. The van der Waals surface area contributed by atoms with Crippen molar-refractivity contribution in [1.82, 2.24) is 5.32 Å². The number of carbonyl (C=O) groups excluding carboxylic acids is 1. The van der Waals surface area contributed by atoms with Gasteiger partial charge in [0, 0.05) is 37.2 Å². The molecule has 0 aromatic heterocycles. The number of hydrogen-bond donors (Lipinski definition) is 1. The average molecular weight is 202 g/mol. The summed E-state index contributed by atoms with van der Waals surface area (Å²) in [6.07, 6.45) is 0.703. The summed E-state index contributed by atoms with van der Waals surface area (Å²) in [6, 6.07) is 9.94. The molecule has 2 fully saturated rings. The van der Waals surface area contributed by atoms with Crippen LogP contribution in [0.25, 0.3) is 0 Å². The van der Waals surface area contributed by atoms with Crippen molar-refractivity contribution in [3.05, 3.63) is 30.3 Å². The Morgan fingerprint density at radius 2 is 1.93 bits per heavy atom. The van der Waals surface area contributed by atoms with E-state index in [-0.39, 0.29) is 11.3 Å². The molecule has 1 spiro atoms. The van der Waals surface area contributed by atoms with Crippen LogP contribution in [0.3, 0.4) is 0 Å². The zero-order chi connectivity index (χ0) is 10.3. The topological polar surface area (TPSA) is 32.3 Å². The van der Waals surface area contributed by atoms with Gasteiger partial charge in [-0.2, -0.15) is 0 Å². The number of benzene rings is 1. The first kappa shape index (κ1) is 8.92. The van der Waals surface area contributed by atoms with Gasteiger partial charge in [0.1, 0.15) is 0 Å². The monoisotopic (exact) mass is 202 g/mol. The van der Waals surface area contributed by atoms with E-state index in [9.17, 15) is 4.79 Å². The van der Waals surface area contributed by atoms with Crippen molar-refractivity contribution < 1.29 is 4.79 Å². The Labute approximate surface area is 89.1 Å². The van der Waals surface area contributed by atoms with Gasteiger partial charge >= 0.3 is 0 Å². The Morgan fingerprint density at radius 1 is 1.20 bits per heavy atom. The van der Waals surface area contributed by atoms with Gasteiger partial charge in [0.15, 0.2) is 0 Å². The lowest BCUT2D eigenvalue weighted by atomic mass is 9.81. The van der Waals surface area contributed by atoms with Crippen LogP contribution in [0.2, 0.25) is 0 Å². The third-order valence-electron chi connectivity index (χ3n) is 3.39. The van der Waals surface area contributed by atoms with E-state index < -0.39 is 0 Å². The lowest BCUT2D eigenvalue weighted by Crippen LogP contribution is -2.54. The number of carbonyl (C=O) groups is 1. The standard InChI is InChI=1S/C12H14N2O/c15-11-6-12(7-13-8-12)9-14(11)10-4-2-1-3-5-10/h1-5,13H,6-9H2. The van der Waals surface area contributed by atoms with Crippen molar-refractivity contribution in [2.75, 3.05) is 24.5 Å². The van der Waals surface area contributed by atoms with Gasteiger partial charge in [0.05, 0.1) is 0 Å². The molecule has 3 rings (SSSR count). The maximum atomic E-state index is 11.9. The summed E-state index contributed by atoms with van der Waals surface area (Å²) in [5, 5.41) is 3.26. The van der Waals surface area contributed by atoms with Gasteiger partial charge in [-0.15, -0.1) is 0 Å². The smallest absolute Gasteiger partial charge is 0.227 e. The molecule has 0 atom stereocenters. The number of amides is 1. The molecule has 3 nitrogen and oxygen atoms in total. The molecule has 0 radical (unpaired) electrons. The second kappa shape index (κ2) is 3.07. The largest absolute Gasteiger partial charge is 0.315 e. The van der Waals surface area contributed by atoms with Crippen LogP contribution in [0.5, 0.6) is 0 Å². The molecule has 1 amide bonds. The van der Waals surface area contributed by atoms with Crippen molar-refractivity contribution in [2.45, 2.75) is 6.42 Å². The summed E-state index contributed by atoms with van der Waals surface area (Å²) in [7, 11) is 0. The first-order valence-corrected chi connectivity index (χ1v) is 5.35. The maximum absolute atomic E-state index is 11.9. The van der Waals surface area contributed by atoms with Crippen molar-refractivity contribution in [3.8, 4) is 0 Å². The molecule has 1 aromatic rings. The fourth-order valence-corrected chi connectivity index (χ4v) is 2.45. The van der Waals surface area contributed by atoms with Crippen LogP contribution in [0.15, 0.2) is 30.3 Å². The van der Waals surface area contributed by atoms with Gasteiger partial charge in [-0.05, 0) is 12.1 Å². The number of nitrogens with zero attached hydrogens (tertiary/aromatic N) is 1. The van der Waals surface area contributed by atoms with E-state index >= 15 is 0 Å². The Bertz CT molecular complexity index is 384. The predicted molar refractivity (Wildman–Crippen MR) is 58.7 cm³/mol. The zero-order valence-electron chi connectivity index (χ0n) is 8.57. The van der Waals surface area contributed by atoms with Crippen LogP contribution >= 0.6 is 0 Å². The maximum Gasteiger partial charge on any atom is 0.227 e. The molecule has 2 aliphatic rings. The normalized spacial score (nSPS) is 23.2. The number of para-hydroxylation sites is 1. The minimum absolute atomic E-state index is 0.229. The molecule has 2 heterocycles. The molecular weight excluding hydrogens is 188 g/mol. The van der Waals surface area contributed by atoms with Crippen molar-refractivity contribution in [3.63, 3.8) is 0 Å². The highest BCUT2D eigenvalue weighted by Crippen LogP contribution is 2.37. The average Bonchev–Trinajstić information content (AvgIpc) is 2.57. The van der Waals surface area contributed by atoms with E-state index in [1.807, 2.05) is 35.2 Å². The van der Waals surface area contributed by atoms with Crippen LogP contribution in [0.1, 0.15) is 6.42 Å². The fourth-order valence-electron chi connectivity index (χ4n) is 2.45. The molecule has 2 aliphatic heterocycles. The summed E-state index contributed by atoms with van der Waals surface area (Å²) in [5.74, 6) is 0.266. The highest BCUT2D eigenvalue weighted by atomic mass is 16.2. The van der Waals surface area contributed by atoms with E-state index in [0.29, 0.717) is 6.42 Å². The molecule has 3 heteroatoms. The Hall–Kier alpha value is -1.35. The third-order valence-corrected chi connectivity index (χ3v) is 3.39. The molecule has 15 heavy (non-hydrogen) atoms. The van der Waals surface area contributed by atoms with E-state index in [2.05, 4.69) is 5.32 Å². The first-order valence-electron chi connectivity index (χ1n) is 5.35. The minimum Gasteiger partial charge on any atom is -0.315 e. The van der Waals surface area contributed by atoms with Gasteiger partial charge < -0.3 is 10.2 Å². The molecule has 78 valence electrons. The van der Waals surface area contributed by atoms with Crippen LogP contribution in [0, 0.1) is 5.41 Å². The summed E-state index contributed by atoms with van der Waals surface area (Å²) < 4.78 is 0. The van der Waals surface area contributed by atoms with Crippen LogP contribution in [-0.4, -0.2) is 25.5 Å². The van der Waals surface area contributed by atoms with Gasteiger partial charge in [-0.3, -0.25) is 4.79 Å². The van der Waals surface area contributed by atoms with Crippen LogP contribution in [-0.2, 0) is 4.79 Å². The molecule has 0 unspecified atom stereocenters. The number of hydrogen-bond acceptors (Lipinski definition) is 2. The van der Waals surface area contributed by atoms with Crippen molar-refractivity contribution in [1.29, 1.82) is 0 Å². The van der Waals surface area contributed by atoms with Crippen molar-refractivity contribution >= 4 is 11.6 Å². The number of anilines is 1. The number of nitrogens with one attached hydrogen (secondary N) is 1. The van der Waals surface area contributed by atoms with Crippen molar-refractivity contribution in [2.24, 2.45) is 5.41 Å². The third kappa shape index (κ3) is 1.35. The zero-order valence-corrected chi connectivity index (χ0v) is 8.57. The lowest BCUT2D eigenvalue weighted by Gasteiger charge is -2.38. The van der Waals surface area contributed by atoms with E-state index in [0.717, 1.165) is 25.3 Å². The van der Waals surface area contributed by atoms with Gasteiger partial charge in [-0.1, -0.05) is 18.2 Å². The van der Waals surface area contributed by atoms with E-state index in [4.69, 9.17) is 0 Å². The highest BCUT2D eigenvalue weighted by Gasteiger charge is 2.47. The van der Waals surface area contributed by atoms with Gasteiger partial charge in [-0.25, -0.2) is 0 Å². The second-order valence-electron chi connectivity index (χ2n) is 4.60. The summed E-state index contributed by atoms with van der Waals surface area (Å²) in [6.45, 7) is 2.85. The van der Waals surface area contributed by atoms with E-state index in [1.54, 1.807) is 0 Å².